The first-order chi connectivity index (χ1) is 8.43. The van der Waals surface area contributed by atoms with E-state index in [9.17, 15) is 9.59 Å². The van der Waals surface area contributed by atoms with Crippen LogP contribution in [0, 0.1) is 11.8 Å². The molecule has 0 radical (unpaired) electrons. The first kappa shape index (κ1) is 21.7. The van der Waals surface area contributed by atoms with E-state index in [1.54, 1.807) is 0 Å². The average molecular weight is 329 g/mol. The maximum absolute atomic E-state index is 10.6. The normalized spacial score (nSPS) is 31.3. The third-order valence-electron chi connectivity index (χ3n) is 3.87. The minimum Gasteiger partial charge on any atom is -0.369 e. The molecule has 0 aromatic carbocycles. The van der Waals surface area contributed by atoms with Crippen LogP contribution in [0.2, 0.25) is 0 Å². The molecular weight excluding hydrogens is 303 g/mol. The van der Waals surface area contributed by atoms with E-state index in [-0.39, 0.29) is 60.5 Å². The summed E-state index contributed by atoms with van der Waals surface area (Å²) in [7, 11) is 0. The van der Waals surface area contributed by atoms with Crippen molar-refractivity contribution < 1.29 is 9.59 Å². The smallest absolute Gasteiger partial charge is 0.222 e. The van der Waals surface area contributed by atoms with Gasteiger partial charge in [-0.1, -0.05) is 12.8 Å². The largest absolute Gasteiger partial charge is 0.369 e. The van der Waals surface area contributed by atoms with E-state index in [1.165, 1.54) is 0 Å². The number of rotatable bonds is 2. The molecule has 2 amide bonds. The van der Waals surface area contributed by atoms with Crippen LogP contribution in [0.4, 0.5) is 0 Å². The third kappa shape index (κ3) is 6.26. The quantitative estimate of drug-likeness (QED) is 0.568. The van der Waals surface area contributed by atoms with E-state index in [2.05, 4.69) is 0 Å². The highest BCUT2D eigenvalue weighted by atomic mass is 35.5. The standard InChI is InChI=1S/2C6H12N2O.2ClH/c2*7-5-3-1-2-4(5)6(8)9;;/h2*4-5H,1-3,7H2,(H2,8,9);2*1H/t2*4-,5+;;/m10../s1. The Morgan fingerprint density at radius 3 is 1.10 bits per heavy atom. The summed E-state index contributed by atoms with van der Waals surface area (Å²) in [4.78, 5) is 21.1. The van der Waals surface area contributed by atoms with E-state index in [0.717, 1.165) is 38.5 Å². The molecule has 0 unspecified atom stereocenters. The molecule has 4 atom stereocenters. The molecule has 2 aliphatic rings. The molecule has 0 heterocycles. The number of primary amides is 2. The lowest BCUT2D eigenvalue weighted by atomic mass is 10.0. The number of hydrogen-bond acceptors (Lipinski definition) is 4. The fourth-order valence-corrected chi connectivity index (χ4v) is 2.68. The van der Waals surface area contributed by atoms with Crippen LogP contribution in [0.5, 0.6) is 0 Å². The van der Waals surface area contributed by atoms with Crippen LogP contribution in [0.25, 0.3) is 0 Å². The molecule has 0 saturated heterocycles. The van der Waals surface area contributed by atoms with Gasteiger partial charge in [-0.15, -0.1) is 24.8 Å². The summed E-state index contributed by atoms with van der Waals surface area (Å²) in [5.74, 6) is -0.574. The van der Waals surface area contributed by atoms with E-state index >= 15 is 0 Å². The Morgan fingerprint density at radius 2 is 1.00 bits per heavy atom. The fourth-order valence-electron chi connectivity index (χ4n) is 2.68. The first-order valence-corrected chi connectivity index (χ1v) is 6.53. The molecule has 2 fully saturated rings. The fraction of sp³-hybridized carbons (Fsp3) is 0.833. The highest BCUT2D eigenvalue weighted by Gasteiger charge is 2.28. The number of nitrogens with two attached hydrogens (primary N) is 4. The van der Waals surface area contributed by atoms with Crippen LogP contribution in [0.15, 0.2) is 0 Å². The van der Waals surface area contributed by atoms with E-state index < -0.39 is 0 Å². The monoisotopic (exact) mass is 328 g/mol. The Hall–Kier alpha value is -0.560. The summed E-state index contributed by atoms with van der Waals surface area (Å²) in [6.07, 6.45) is 5.78. The molecule has 0 spiro atoms. The molecular formula is C12H26Cl2N4O2. The lowest BCUT2D eigenvalue weighted by Gasteiger charge is -2.08. The van der Waals surface area contributed by atoms with Gasteiger partial charge in [-0.3, -0.25) is 9.59 Å². The van der Waals surface area contributed by atoms with Crippen LogP contribution in [0.1, 0.15) is 38.5 Å². The van der Waals surface area contributed by atoms with Gasteiger partial charge in [-0.05, 0) is 25.7 Å². The second-order valence-corrected chi connectivity index (χ2v) is 5.21. The molecule has 0 bridgehead atoms. The summed E-state index contributed by atoms with van der Waals surface area (Å²) in [6, 6.07) is 0.0602. The van der Waals surface area contributed by atoms with Gasteiger partial charge in [0.15, 0.2) is 0 Å². The molecule has 6 nitrogen and oxygen atoms in total. The molecule has 0 aromatic heterocycles. The average Bonchev–Trinajstić information content (AvgIpc) is 2.87. The van der Waals surface area contributed by atoms with Crippen LogP contribution >= 0.6 is 24.8 Å². The van der Waals surface area contributed by atoms with Crippen LogP contribution < -0.4 is 22.9 Å². The van der Waals surface area contributed by atoms with Gasteiger partial charge in [-0.2, -0.15) is 0 Å². The van der Waals surface area contributed by atoms with E-state index in [0.29, 0.717) is 0 Å². The van der Waals surface area contributed by atoms with E-state index in [1.807, 2.05) is 0 Å². The Morgan fingerprint density at radius 1 is 0.700 bits per heavy atom. The summed E-state index contributed by atoms with van der Waals surface area (Å²) >= 11 is 0. The van der Waals surface area contributed by atoms with Crippen LogP contribution in [-0.2, 0) is 9.59 Å². The van der Waals surface area contributed by atoms with Crippen molar-refractivity contribution in [2.24, 2.45) is 34.8 Å². The van der Waals surface area contributed by atoms with Crippen LogP contribution in [-0.4, -0.2) is 23.9 Å². The maximum atomic E-state index is 10.6. The van der Waals surface area contributed by atoms with Gasteiger partial charge in [0, 0.05) is 12.1 Å². The Balaban J connectivity index is 0. The van der Waals surface area contributed by atoms with Gasteiger partial charge >= 0.3 is 0 Å². The second-order valence-electron chi connectivity index (χ2n) is 5.21. The van der Waals surface area contributed by atoms with Crippen molar-refractivity contribution in [3.63, 3.8) is 0 Å². The van der Waals surface area contributed by atoms with Gasteiger partial charge in [-0.25, -0.2) is 0 Å². The zero-order valence-corrected chi connectivity index (χ0v) is 13.1. The zero-order valence-electron chi connectivity index (χ0n) is 11.5. The van der Waals surface area contributed by atoms with Gasteiger partial charge in [0.05, 0.1) is 11.8 Å². The molecule has 0 aliphatic heterocycles. The van der Waals surface area contributed by atoms with Gasteiger partial charge in [0.1, 0.15) is 0 Å². The lowest BCUT2D eigenvalue weighted by Crippen LogP contribution is -2.34. The first-order valence-electron chi connectivity index (χ1n) is 6.53. The maximum Gasteiger partial charge on any atom is 0.222 e. The summed E-state index contributed by atoms with van der Waals surface area (Å²) in [5, 5.41) is 0. The number of halogens is 2. The Labute approximate surface area is 132 Å². The number of hydrogen-bond donors (Lipinski definition) is 4. The molecule has 0 aromatic rings. The molecule has 8 N–H and O–H groups in total. The molecule has 120 valence electrons. The molecule has 2 rings (SSSR count). The third-order valence-corrected chi connectivity index (χ3v) is 3.87. The summed E-state index contributed by atoms with van der Waals surface area (Å²) < 4.78 is 0. The van der Waals surface area contributed by atoms with Gasteiger partial charge < -0.3 is 22.9 Å². The number of carbonyl (C=O) groups is 2. The summed E-state index contributed by atoms with van der Waals surface area (Å²) in [6.45, 7) is 0. The topological polar surface area (TPSA) is 138 Å². The predicted molar refractivity (Wildman–Crippen MR) is 83.5 cm³/mol. The van der Waals surface area contributed by atoms with Crippen molar-refractivity contribution in [3.05, 3.63) is 0 Å². The SMILES string of the molecule is Cl.Cl.NC(=O)[C@@H]1CCC[C@@H]1N.NC(=O)[C@H]1CCC[C@H]1N. The van der Waals surface area contributed by atoms with Crippen molar-refractivity contribution in [1.29, 1.82) is 0 Å². The highest BCUT2D eigenvalue weighted by molar-refractivity contribution is 5.85. The minimum absolute atomic E-state index is 0. The number of carbonyl (C=O) groups excluding carboxylic acids is 2. The molecule has 2 saturated carbocycles. The predicted octanol–water partition coefficient (Wildman–Crippen LogP) is 0.0418. The molecule has 20 heavy (non-hydrogen) atoms. The minimum atomic E-state index is -0.236. The van der Waals surface area contributed by atoms with Crippen molar-refractivity contribution in [1.82, 2.24) is 0 Å². The van der Waals surface area contributed by atoms with Crippen molar-refractivity contribution >= 4 is 36.6 Å². The zero-order chi connectivity index (χ0) is 13.7. The Bertz CT molecular complexity index is 288. The lowest BCUT2D eigenvalue weighted by molar-refractivity contribution is -0.122. The summed E-state index contributed by atoms with van der Waals surface area (Å²) in [5.41, 5.74) is 21.3. The van der Waals surface area contributed by atoms with Crippen molar-refractivity contribution in [2.45, 2.75) is 50.6 Å². The second kappa shape index (κ2) is 10.2. The van der Waals surface area contributed by atoms with E-state index in [4.69, 9.17) is 22.9 Å². The van der Waals surface area contributed by atoms with Gasteiger partial charge in [0.2, 0.25) is 11.8 Å². The molecule has 2 aliphatic carbocycles. The highest BCUT2D eigenvalue weighted by Crippen LogP contribution is 2.23. The van der Waals surface area contributed by atoms with Gasteiger partial charge in [0.25, 0.3) is 0 Å². The van der Waals surface area contributed by atoms with Crippen molar-refractivity contribution in [3.8, 4) is 0 Å². The number of amides is 2. The Kier molecular flexibility index (Phi) is 11.1. The van der Waals surface area contributed by atoms with Crippen molar-refractivity contribution in [2.75, 3.05) is 0 Å². The molecule has 8 heteroatoms. The van der Waals surface area contributed by atoms with Crippen LogP contribution in [0.3, 0.4) is 0 Å².